The molecule has 0 aromatic heterocycles. The molecule has 2 fully saturated rings. The molecular formula is C23H29NOSi. The predicted octanol–water partition coefficient (Wildman–Crippen LogP) is 5.21. The number of phenolic OH excluding ortho intramolecular Hbond substituents is 1. The summed E-state index contributed by atoms with van der Waals surface area (Å²) in [6.07, 6.45) is 7.28. The molecule has 1 N–H and O–H groups in total. The van der Waals surface area contributed by atoms with Crippen molar-refractivity contribution in [1.82, 2.24) is 0 Å². The molecule has 2 aromatic carbocycles. The molecule has 0 aliphatic heterocycles. The van der Waals surface area contributed by atoms with Crippen LogP contribution in [0.15, 0.2) is 47.5 Å². The molecule has 2 saturated carbocycles. The summed E-state index contributed by atoms with van der Waals surface area (Å²) in [6, 6.07) is 15.2. The van der Waals surface area contributed by atoms with Gasteiger partial charge in [-0.2, -0.15) is 0 Å². The molecule has 2 aliphatic carbocycles. The normalized spacial score (nSPS) is 25.3. The molecular weight excluding hydrogens is 334 g/mol. The molecule has 0 heterocycles. The second-order valence-corrected chi connectivity index (χ2v) is 14.1. The molecule has 136 valence electrons. The first-order chi connectivity index (χ1) is 12.4. The van der Waals surface area contributed by atoms with E-state index in [9.17, 15) is 5.11 Å². The number of nitrogens with zero attached hydrogens (tertiary/aromatic N) is 1. The molecule has 2 nitrogen and oxygen atoms in total. The van der Waals surface area contributed by atoms with Crippen LogP contribution in [-0.4, -0.2) is 25.4 Å². The van der Waals surface area contributed by atoms with Crippen LogP contribution < -0.4 is 5.19 Å². The van der Waals surface area contributed by atoms with Crippen molar-refractivity contribution in [2.24, 2.45) is 16.8 Å². The van der Waals surface area contributed by atoms with Crippen LogP contribution in [0.3, 0.4) is 0 Å². The summed E-state index contributed by atoms with van der Waals surface area (Å²) in [6.45, 7) is 6.86. The van der Waals surface area contributed by atoms with Crippen LogP contribution in [-0.2, 0) is 0 Å². The summed E-state index contributed by atoms with van der Waals surface area (Å²) >= 11 is 0. The van der Waals surface area contributed by atoms with Gasteiger partial charge in [-0.1, -0.05) is 62.5 Å². The minimum Gasteiger partial charge on any atom is -0.507 e. The topological polar surface area (TPSA) is 32.6 Å². The summed E-state index contributed by atoms with van der Waals surface area (Å²) in [4.78, 5) is 4.93. The van der Waals surface area contributed by atoms with E-state index in [1.807, 2.05) is 12.3 Å². The lowest BCUT2D eigenvalue weighted by Crippen LogP contribution is -2.38. The van der Waals surface area contributed by atoms with Crippen LogP contribution in [0.2, 0.25) is 19.6 Å². The Hall–Kier alpha value is -1.87. The Bertz CT molecular complexity index is 822. The molecule has 0 radical (unpaired) electrons. The lowest BCUT2D eigenvalue weighted by atomic mass is 9.96. The predicted molar refractivity (Wildman–Crippen MR) is 113 cm³/mol. The van der Waals surface area contributed by atoms with Gasteiger partial charge < -0.3 is 5.11 Å². The molecule has 2 aromatic rings. The number of aliphatic imine (C=N–C) groups is 1. The Morgan fingerprint density at radius 2 is 1.77 bits per heavy atom. The maximum atomic E-state index is 10.9. The van der Waals surface area contributed by atoms with Gasteiger partial charge in [-0.05, 0) is 53.5 Å². The standard InChI is InChI=1S/C23H29NOSi/c1-26(2,3)22-14-19(17-7-5-4-6-8-17)13-20(23(22)25)15-24-21-12-16-9-10-18(21)11-16/h4-8,13-16,18,21,25H,9-12H2,1-3H3. The monoisotopic (exact) mass is 363 g/mol. The van der Waals surface area contributed by atoms with Gasteiger partial charge in [0.1, 0.15) is 5.75 Å². The van der Waals surface area contributed by atoms with Crippen LogP contribution in [0, 0.1) is 11.8 Å². The summed E-state index contributed by atoms with van der Waals surface area (Å²) in [5.74, 6) is 2.10. The van der Waals surface area contributed by atoms with E-state index in [0.29, 0.717) is 11.8 Å². The lowest BCUT2D eigenvalue weighted by molar-refractivity contribution is 0.421. The largest absolute Gasteiger partial charge is 0.507 e. The highest BCUT2D eigenvalue weighted by atomic mass is 28.3. The van der Waals surface area contributed by atoms with Crippen LogP contribution in [0.5, 0.6) is 5.75 Å². The van der Waals surface area contributed by atoms with E-state index in [1.165, 1.54) is 36.8 Å². The SMILES string of the molecule is C[Si](C)(C)c1cc(-c2ccccc2)cc(C=NC2CC3CCC2C3)c1O. The van der Waals surface area contributed by atoms with E-state index in [4.69, 9.17) is 4.99 Å². The minimum atomic E-state index is -1.66. The number of aromatic hydroxyl groups is 1. The van der Waals surface area contributed by atoms with Crippen LogP contribution in [0.1, 0.15) is 31.2 Å². The van der Waals surface area contributed by atoms with Crippen LogP contribution in [0.4, 0.5) is 0 Å². The van der Waals surface area contributed by atoms with Crippen LogP contribution >= 0.6 is 0 Å². The van der Waals surface area contributed by atoms with Crippen molar-refractivity contribution in [3.63, 3.8) is 0 Å². The Morgan fingerprint density at radius 1 is 1.00 bits per heavy atom. The van der Waals surface area contributed by atoms with E-state index < -0.39 is 8.07 Å². The molecule has 2 bridgehead atoms. The molecule has 3 atom stereocenters. The fourth-order valence-electron chi connectivity index (χ4n) is 4.69. The zero-order valence-electron chi connectivity index (χ0n) is 16.1. The Balaban J connectivity index is 1.73. The van der Waals surface area contributed by atoms with Crippen molar-refractivity contribution >= 4 is 19.5 Å². The average molecular weight is 364 g/mol. The average Bonchev–Trinajstić information content (AvgIpc) is 3.23. The Labute approximate surface area is 158 Å². The summed E-state index contributed by atoms with van der Waals surface area (Å²) in [5, 5.41) is 12.1. The van der Waals surface area contributed by atoms with Gasteiger partial charge in [-0.3, -0.25) is 4.99 Å². The highest BCUT2D eigenvalue weighted by Gasteiger charge is 2.39. The van der Waals surface area contributed by atoms with Gasteiger partial charge in [-0.15, -0.1) is 0 Å². The molecule has 26 heavy (non-hydrogen) atoms. The first-order valence-electron chi connectivity index (χ1n) is 9.88. The third-order valence-electron chi connectivity index (χ3n) is 6.16. The minimum absolute atomic E-state index is 0.441. The van der Waals surface area contributed by atoms with E-state index in [0.717, 1.165) is 22.6 Å². The van der Waals surface area contributed by atoms with E-state index in [-0.39, 0.29) is 0 Å². The lowest BCUT2D eigenvalue weighted by Gasteiger charge is -2.21. The van der Waals surface area contributed by atoms with E-state index in [1.54, 1.807) is 0 Å². The zero-order chi connectivity index (χ0) is 18.3. The number of hydrogen-bond donors (Lipinski definition) is 1. The van der Waals surface area contributed by atoms with Gasteiger partial charge in [0, 0.05) is 11.8 Å². The fourth-order valence-corrected chi connectivity index (χ4v) is 6.14. The second-order valence-electron chi connectivity index (χ2n) is 9.10. The smallest absolute Gasteiger partial charge is 0.123 e. The van der Waals surface area contributed by atoms with Crippen molar-refractivity contribution < 1.29 is 5.11 Å². The Morgan fingerprint density at radius 3 is 2.38 bits per heavy atom. The van der Waals surface area contributed by atoms with Crippen LogP contribution in [0.25, 0.3) is 11.1 Å². The van der Waals surface area contributed by atoms with Gasteiger partial charge in [0.05, 0.1) is 14.1 Å². The first-order valence-corrected chi connectivity index (χ1v) is 13.4. The van der Waals surface area contributed by atoms with Crippen molar-refractivity contribution in [1.29, 1.82) is 0 Å². The van der Waals surface area contributed by atoms with Gasteiger partial charge in [0.15, 0.2) is 0 Å². The van der Waals surface area contributed by atoms with Gasteiger partial charge in [0.25, 0.3) is 0 Å². The third kappa shape index (κ3) is 3.37. The molecule has 3 heteroatoms. The molecule has 0 amide bonds. The maximum Gasteiger partial charge on any atom is 0.123 e. The second kappa shape index (κ2) is 6.69. The van der Waals surface area contributed by atoms with Gasteiger partial charge in [0.2, 0.25) is 0 Å². The van der Waals surface area contributed by atoms with E-state index >= 15 is 0 Å². The van der Waals surface area contributed by atoms with Crippen molar-refractivity contribution in [3.8, 4) is 16.9 Å². The summed E-state index contributed by atoms with van der Waals surface area (Å²) in [7, 11) is -1.66. The van der Waals surface area contributed by atoms with Crippen molar-refractivity contribution in [2.45, 2.75) is 51.4 Å². The highest BCUT2D eigenvalue weighted by Crippen LogP contribution is 2.46. The molecule has 4 rings (SSSR count). The summed E-state index contributed by atoms with van der Waals surface area (Å²) in [5.41, 5.74) is 3.25. The van der Waals surface area contributed by atoms with E-state index in [2.05, 4.69) is 56.0 Å². The Kier molecular flexibility index (Phi) is 4.52. The zero-order valence-corrected chi connectivity index (χ0v) is 17.1. The molecule has 0 spiro atoms. The number of fused-ring (bicyclic) bond motifs is 2. The number of rotatable bonds is 4. The van der Waals surface area contributed by atoms with Crippen molar-refractivity contribution in [3.05, 3.63) is 48.0 Å². The maximum absolute atomic E-state index is 10.9. The third-order valence-corrected chi connectivity index (χ3v) is 8.16. The summed E-state index contributed by atoms with van der Waals surface area (Å²) < 4.78 is 0. The number of benzene rings is 2. The van der Waals surface area contributed by atoms with Gasteiger partial charge >= 0.3 is 0 Å². The fraction of sp³-hybridized carbons (Fsp3) is 0.435. The molecule has 0 saturated heterocycles. The number of phenols is 1. The van der Waals surface area contributed by atoms with Crippen molar-refractivity contribution in [2.75, 3.05) is 0 Å². The number of hydrogen-bond acceptors (Lipinski definition) is 2. The highest BCUT2D eigenvalue weighted by molar-refractivity contribution is 6.89. The first kappa shape index (κ1) is 17.5. The van der Waals surface area contributed by atoms with Gasteiger partial charge in [-0.25, -0.2) is 0 Å². The quantitative estimate of drug-likeness (QED) is 0.587. The molecule has 2 aliphatic rings. The molecule has 3 unspecified atom stereocenters.